The van der Waals surface area contributed by atoms with Crippen molar-refractivity contribution in [2.45, 2.75) is 139 Å². The SMILES string of the molecule is C/C=C(\SC)C(=NCCC)SC.C=C.C=C.CC.CC.CC.CC.CC1CC1.NCCCCC1(CNCC(F)(F)F)C2=C(CCC=C2)c2ccccc21. The summed E-state index contributed by atoms with van der Waals surface area (Å²) >= 11 is 3.49. The molecule has 1 unspecified atom stereocenters. The van der Waals surface area contributed by atoms with Gasteiger partial charge in [-0.25, -0.2) is 0 Å². The van der Waals surface area contributed by atoms with Crippen molar-refractivity contribution >= 4 is 34.1 Å². The Bertz CT molecular complexity index is 1090. The van der Waals surface area contributed by atoms with Gasteiger partial charge in [0.1, 0.15) is 5.04 Å². The summed E-state index contributed by atoms with van der Waals surface area (Å²) < 4.78 is 38.1. The normalized spacial score (nSPS) is 16.2. The molecule has 1 saturated carbocycles. The summed E-state index contributed by atoms with van der Waals surface area (Å²) in [4.78, 5) is 5.78. The van der Waals surface area contributed by atoms with Gasteiger partial charge in [-0.2, -0.15) is 13.2 Å². The lowest BCUT2D eigenvalue weighted by Gasteiger charge is -2.34. The molecule has 1 atom stereocenters. The molecule has 3 nitrogen and oxygen atoms in total. The number of benzene rings is 1. The molecule has 0 aromatic heterocycles. The molecule has 0 spiro atoms. The van der Waals surface area contributed by atoms with Crippen LogP contribution in [0.15, 0.2) is 84.3 Å². The molecule has 0 radical (unpaired) electrons. The number of nitrogens with zero attached hydrogens (tertiary/aromatic N) is 1. The Morgan fingerprint density at radius 1 is 0.962 bits per heavy atom. The molecule has 0 heterocycles. The van der Waals surface area contributed by atoms with Crippen molar-refractivity contribution < 1.29 is 13.2 Å². The van der Waals surface area contributed by atoms with Gasteiger partial charge in [0.05, 0.1) is 6.54 Å². The second kappa shape index (κ2) is 41.2. The molecule has 1 aromatic rings. The molecule has 53 heavy (non-hydrogen) atoms. The zero-order chi connectivity index (χ0) is 42.3. The zero-order valence-corrected chi connectivity index (χ0v) is 38.0. The summed E-state index contributed by atoms with van der Waals surface area (Å²) in [6.07, 6.45) is 15.0. The van der Waals surface area contributed by atoms with Gasteiger partial charge in [0, 0.05) is 23.4 Å². The van der Waals surface area contributed by atoms with E-state index in [2.05, 4.69) is 100 Å². The van der Waals surface area contributed by atoms with Gasteiger partial charge in [-0.15, -0.1) is 49.8 Å². The number of hydrogen-bond donors (Lipinski definition) is 2. The molecule has 3 aliphatic carbocycles. The van der Waals surface area contributed by atoms with Crippen LogP contribution in [0.4, 0.5) is 13.2 Å². The monoisotopic (exact) mass is 786 g/mol. The number of rotatable bonds is 11. The highest BCUT2D eigenvalue weighted by Crippen LogP contribution is 2.52. The number of nitrogens with one attached hydrogen (secondary N) is 1. The second-order valence-electron chi connectivity index (χ2n) is 10.9. The van der Waals surface area contributed by atoms with Crippen molar-refractivity contribution in [1.29, 1.82) is 0 Å². The number of aliphatic imine (C=N–C) groups is 1. The minimum Gasteiger partial charge on any atom is -0.330 e. The molecule has 8 heteroatoms. The quantitative estimate of drug-likeness (QED) is 0.102. The first kappa shape index (κ1) is 60.3. The molecule has 3 N–H and O–H groups in total. The van der Waals surface area contributed by atoms with Crippen molar-refractivity contribution in [3.8, 4) is 0 Å². The molecule has 3 aliphatic rings. The first-order valence-electron chi connectivity index (χ1n) is 19.9. The molecule has 0 amide bonds. The predicted octanol–water partition coefficient (Wildman–Crippen LogP) is 14.9. The smallest absolute Gasteiger partial charge is 0.330 e. The number of unbranched alkanes of at least 4 members (excludes halogenated alkanes) is 1. The largest absolute Gasteiger partial charge is 0.401 e. The van der Waals surface area contributed by atoms with Gasteiger partial charge in [-0.3, -0.25) is 4.99 Å². The van der Waals surface area contributed by atoms with Gasteiger partial charge in [0.2, 0.25) is 0 Å². The Labute approximate surface area is 336 Å². The molecule has 0 bridgehead atoms. The summed E-state index contributed by atoms with van der Waals surface area (Å²) in [5.41, 5.74) is 10.1. The molecule has 4 rings (SSSR count). The van der Waals surface area contributed by atoms with Crippen LogP contribution in [0, 0.1) is 5.92 Å². The fraction of sp³-hybridized carbons (Fsp3) is 0.622. The Hall–Kier alpha value is -2.00. The van der Waals surface area contributed by atoms with E-state index in [0.29, 0.717) is 13.1 Å². The summed E-state index contributed by atoms with van der Waals surface area (Å²) in [5.74, 6) is 1.08. The molecule has 0 aliphatic heterocycles. The Morgan fingerprint density at radius 3 is 1.94 bits per heavy atom. The topological polar surface area (TPSA) is 50.4 Å². The van der Waals surface area contributed by atoms with Crippen molar-refractivity contribution in [2.24, 2.45) is 16.6 Å². The fourth-order valence-electron chi connectivity index (χ4n) is 5.19. The fourth-order valence-corrected chi connectivity index (χ4v) is 6.70. The third-order valence-corrected chi connectivity index (χ3v) is 9.23. The van der Waals surface area contributed by atoms with E-state index in [1.807, 2.05) is 67.5 Å². The molecule has 1 aromatic carbocycles. The van der Waals surface area contributed by atoms with E-state index < -0.39 is 12.7 Å². The average Bonchev–Trinajstić information content (AvgIpc) is 3.97. The number of thioether (sulfide) groups is 2. The number of halogens is 3. The molecule has 1 fully saturated rings. The summed E-state index contributed by atoms with van der Waals surface area (Å²) in [6, 6.07) is 8.20. The van der Waals surface area contributed by atoms with E-state index in [1.54, 1.807) is 23.5 Å². The highest BCUT2D eigenvalue weighted by Gasteiger charge is 2.44. The predicted molar refractivity (Wildman–Crippen MR) is 245 cm³/mol. The summed E-state index contributed by atoms with van der Waals surface area (Å²) in [5, 5.41) is 3.86. The Balaban J connectivity index is -0.000000229. The van der Waals surface area contributed by atoms with E-state index in [1.165, 1.54) is 45.1 Å². The number of hydrogen-bond acceptors (Lipinski definition) is 5. The molecular formula is C45H82F3N3S2. The lowest BCUT2D eigenvalue weighted by atomic mass is 9.72. The lowest BCUT2D eigenvalue weighted by molar-refractivity contribution is -0.125. The van der Waals surface area contributed by atoms with Crippen LogP contribution in [0.1, 0.15) is 139 Å². The maximum Gasteiger partial charge on any atom is 0.401 e. The third kappa shape index (κ3) is 25.7. The third-order valence-electron chi connectivity index (χ3n) is 7.50. The number of fused-ring (bicyclic) bond motifs is 2. The van der Waals surface area contributed by atoms with Crippen LogP contribution in [0.25, 0.3) is 5.57 Å². The number of nitrogens with two attached hydrogens (primary N) is 1. The van der Waals surface area contributed by atoms with Crippen LogP contribution in [0.3, 0.4) is 0 Å². The van der Waals surface area contributed by atoms with Crippen LogP contribution < -0.4 is 11.1 Å². The van der Waals surface area contributed by atoms with Crippen molar-refractivity contribution in [1.82, 2.24) is 5.32 Å². The van der Waals surface area contributed by atoms with Crippen LogP contribution in [-0.4, -0.2) is 49.9 Å². The zero-order valence-electron chi connectivity index (χ0n) is 36.4. The second-order valence-corrected chi connectivity index (χ2v) is 12.5. The molecular weight excluding hydrogens is 704 g/mol. The van der Waals surface area contributed by atoms with Crippen molar-refractivity contribution in [3.63, 3.8) is 0 Å². The first-order chi connectivity index (χ1) is 25.7. The van der Waals surface area contributed by atoms with Gasteiger partial charge < -0.3 is 11.1 Å². The van der Waals surface area contributed by atoms with Gasteiger partial charge in [0.25, 0.3) is 0 Å². The van der Waals surface area contributed by atoms with Crippen LogP contribution >= 0.6 is 23.5 Å². The summed E-state index contributed by atoms with van der Waals surface area (Å²) in [7, 11) is 0. The minimum atomic E-state index is -4.20. The maximum atomic E-state index is 12.7. The van der Waals surface area contributed by atoms with E-state index >= 15 is 0 Å². The van der Waals surface area contributed by atoms with E-state index in [4.69, 9.17) is 5.73 Å². The first-order valence-corrected chi connectivity index (χ1v) is 22.4. The van der Waals surface area contributed by atoms with Crippen LogP contribution in [0.2, 0.25) is 0 Å². The Morgan fingerprint density at radius 2 is 1.51 bits per heavy atom. The highest BCUT2D eigenvalue weighted by atomic mass is 32.2. The van der Waals surface area contributed by atoms with Gasteiger partial charge >= 0.3 is 6.18 Å². The van der Waals surface area contributed by atoms with Gasteiger partial charge in [0.15, 0.2) is 0 Å². The van der Waals surface area contributed by atoms with E-state index in [9.17, 15) is 13.2 Å². The molecule has 0 saturated heterocycles. The van der Waals surface area contributed by atoms with Crippen molar-refractivity contribution in [3.05, 3.63) is 90.4 Å². The lowest BCUT2D eigenvalue weighted by Crippen LogP contribution is -2.42. The van der Waals surface area contributed by atoms with Crippen LogP contribution in [-0.2, 0) is 5.41 Å². The Kier molecular flexibility index (Phi) is 46.8. The molecule has 310 valence electrons. The standard InChI is InChI=1S/C20H25F3N2.C9H17NS2.C4H8.4C2H6.2C2H4/c21-20(22,23)14-25-13-19(11-5-6-12-24)17-9-3-1-7-15(17)16-8-2-4-10-18(16)19;1-5-7-10-9(12-4)8(6-2)11-3;1-4-2-3-4;6*1-2/h1,3-4,7,9-10,25H,2,5-6,8,11-14,24H2;6H,5,7H2,1-4H3;4H,2-3H2,1H3;4*1-2H3;2*1-2H2/b;8-6-,10-9?;;;;;;;. The minimum absolute atomic E-state index is 0.303. The number of allylic oxidation sites excluding steroid dienone is 4. The van der Waals surface area contributed by atoms with Crippen molar-refractivity contribution in [2.75, 3.05) is 38.7 Å². The summed E-state index contributed by atoms with van der Waals surface area (Å²) in [6.45, 7) is 35.4. The average molecular weight is 786 g/mol. The van der Waals surface area contributed by atoms with Gasteiger partial charge in [-0.1, -0.05) is 131 Å². The van der Waals surface area contributed by atoms with Crippen LogP contribution in [0.5, 0.6) is 0 Å². The maximum absolute atomic E-state index is 12.7. The highest BCUT2D eigenvalue weighted by molar-refractivity contribution is 8.17. The van der Waals surface area contributed by atoms with E-state index in [0.717, 1.165) is 51.0 Å². The number of alkyl halides is 3. The van der Waals surface area contributed by atoms with Gasteiger partial charge in [-0.05, 0) is 86.3 Å². The van der Waals surface area contributed by atoms with E-state index in [-0.39, 0.29) is 5.41 Å².